The molecule has 6 heteroatoms. The van der Waals surface area contributed by atoms with Crippen molar-refractivity contribution in [2.75, 3.05) is 33.4 Å². The highest BCUT2D eigenvalue weighted by Gasteiger charge is 2.27. The van der Waals surface area contributed by atoms with Crippen LogP contribution in [0.15, 0.2) is 46.3 Å². The van der Waals surface area contributed by atoms with Crippen molar-refractivity contribution in [3.8, 4) is 5.75 Å². The predicted molar refractivity (Wildman–Crippen MR) is 101 cm³/mol. The summed E-state index contributed by atoms with van der Waals surface area (Å²) in [6.07, 6.45) is 1.89. The fourth-order valence-corrected chi connectivity index (χ4v) is 3.97. The van der Waals surface area contributed by atoms with Crippen molar-refractivity contribution >= 4 is 39.7 Å². The first kappa shape index (κ1) is 16.2. The smallest absolute Gasteiger partial charge is 0.286 e. The monoisotopic (exact) mass is 354 g/mol. The SMILES string of the molecule is COc1ccc2ccccc2c1/C=C1\SC(N2CCOCC2)=NC1=O. The van der Waals surface area contributed by atoms with E-state index >= 15 is 0 Å². The Morgan fingerprint density at radius 2 is 2.00 bits per heavy atom. The van der Waals surface area contributed by atoms with Crippen molar-refractivity contribution in [2.24, 2.45) is 4.99 Å². The summed E-state index contributed by atoms with van der Waals surface area (Å²) in [6.45, 7) is 2.88. The maximum atomic E-state index is 12.4. The van der Waals surface area contributed by atoms with Gasteiger partial charge in [0.2, 0.25) is 0 Å². The van der Waals surface area contributed by atoms with Crippen LogP contribution in [0, 0.1) is 0 Å². The van der Waals surface area contributed by atoms with Crippen molar-refractivity contribution in [3.05, 3.63) is 46.9 Å². The average molecular weight is 354 g/mol. The number of morpholine rings is 1. The Balaban J connectivity index is 1.70. The van der Waals surface area contributed by atoms with Crippen molar-refractivity contribution in [2.45, 2.75) is 0 Å². The van der Waals surface area contributed by atoms with Gasteiger partial charge in [0.05, 0.1) is 25.2 Å². The van der Waals surface area contributed by atoms with Crippen LogP contribution in [-0.2, 0) is 9.53 Å². The zero-order valence-electron chi connectivity index (χ0n) is 13.9. The van der Waals surface area contributed by atoms with Gasteiger partial charge in [0.1, 0.15) is 5.75 Å². The Labute approximate surface area is 150 Å². The molecule has 1 fully saturated rings. The normalized spacial score (nSPS) is 19.6. The molecule has 2 aliphatic heterocycles. The number of nitrogens with zero attached hydrogens (tertiary/aromatic N) is 2. The van der Waals surface area contributed by atoms with Gasteiger partial charge in [-0.3, -0.25) is 4.79 Å². The van der Waals surface area contributed by atoms with E-state index in [4.69, 9.17) is 9.47 Å². The molecule has 1 amide bonds. The van der Waals surface area contributed by atoms with E-state index in [2.05, 4.69) is 16.0 Å². The van der Waals surface area contributed by atoms with Crippen molar-refractivity contribution in [1.29, 1.82) is 0 Å². The number of thioether (sulfide) groups is 1. The number of carbonyl (C=O) groups excluding carboxylic acids is 1. The van der Waals surface area contributed by atoms with Crippen molar-refractivity contribution in [3.63, 3.8) is 0 Å². The molecule has 0 saturated carbocycles. The van der Waals surface area contributed by atoms with E-state index in [1.54, 1.807) is 7.11 Å². The quantitative estimate of drug-likeness (QED) is 0.776. The van der Waals surface area contributed by atoms with E-state index < -0.39 is 0 Å². The summed E-state index contributed by atoms with van der Waals surface area (Å²) in [5.41, 5.74) is 0.912. The fourth-order valence-electron chi connectivity index (χ4n) is 3.02. The Hall–Kier alpha value is -2.31. The standard InChI is InChI=1S/C19H18N2O3S/c1-23-16-7-6-13-4-2-3-5-14(13)15(16)12-17-18(22)20-19(25-17)21-8-10-24-11-9-21/h2-7,12H,8-11H2,1H3/b17-12-. The lowest BCUT2D eigenvalue weighted by molar-refractivity contribution is -0.113. The van der Waals surface area contributed by atoms with Gasteiger partial charge in [-0.15, -0.1) is 0 Å². The number of methoxy groups -OCH3 is 1. The Morgan fingerprint density at radius 3 is 2.80 bits per heavy atom. The highest BCUT2D eigenvalue weighted by atomic mass is 32.2. The Morgan fingerprint density at radius 1 is 1.20 bits per heavy atom. The van der Waals surface area contributed by atoms with Gasteiger partial charge >= 0.3 is 0 Å². The van der Waals surface area contributed by atoms with Gasteiger partial charge in [-0.25, -0.2) is 0 Å². The van der Waals surface area contributed by atoms with Gasteiger partial charge in [-0.1, -0.05) is 30.3 Å². The van der Waals surface area contributed by atoms with E-state index in [1.165, 1.54) is 11.8 Å². The summed E-state index contributed by atoms with van der Waals surface area (Å²) in [7, 11) is 1.64. The minimum Gasteiger partial charge on any atom is -0.496 e. The average Bonchev–Trinajstić information content (AvgIpc) is 3.03. The van der Waals surface area contributed by atoms with Crippen LogP contribution in [0.1, 0.15) is 5.56 Å². The molecule has 0 unspecified atom stereocenters. The predicted octanol–water partition coefficient (Wildman–Crippen LogP) is 3.15. The molecule has 2 aliphatic rings. The van der Waals surface area contributed by atoms with Crippen LogP contribution in [0.4, 0.5) is 0 Å². The zero-order chi connectivity index (χ0) is 17.2. The number of amides is 1. The molecule has 2 heterocycles. The molecule has 5 nitrogen and oxygen atoms in total. The molecule has 4 rings (SSSR count). The summed E-state index contributed by atoms with van der Waals surface area (Å²) >= 11 is 1.42. The highest BCUT2D eigenvalue weighted by molar-refractivity contribution is 8.18. The molecule has 0 spiro atoms. The molecule has 0 bridgehead atoms. The number of rotatable bonds is 2. The number of hydrogen-bond acceptors (Lipinski definition) is 5. The third-order valence-electron chi connectivity index (χ3n) is 4.32. The second-order valence-electron chi connectivity index (χ2n) is 5.81. The second-order valence-corrected chi connectivity index (χ2v) is 6.82. The van der Waals surface area contributed by atoms with E-state index in [9.17, 15) is 4.79 Å². The third-order valence-corrected chi connectivity index (χ3v) is 5.36. The highest BCUT2D eigenvalue weighted by Crippen LogP contribution is 2.35. The summed E-state index contributed by atoms with van der Waals surface area (Å²) in [5, 5.41) is 2.93. The number of aliphatic imine (C=N–C) groups is 1. The molecular formula is C19H18N2O3S. The minimum absolute atomic E-state index is 0.193. The van der Waals surface area contributed by atoms with Crippen LogP contribution >= 0.6 is 11.8 Å². The lowest BCUT2D eigenvalue weighted by Gasteiger charge is -2.27. The maximum absolute atomic E-state index is 12.4. The number of amidine groups is 1. The molecular weight excluding hydrogens is 336 g/mol. The number of ether oxygens (including phenoxy) is 2. The lowest BCUT2D eigenvalue weighted by Crippen LogP contribution is -2.38. The van der Waals surface area contributed by atoms with Crippen LogP contribution in [-0.4, -0.2) is 49.4 Å². The largest absolute Gasteiger partial charge is 0.496 e. The van der Waals surface area contributed by atoms with Crippen LogP contribution in [0.25, 0.3) is 16.8 Å². The fraction of sp³-hybridized carbons (Fsp3) is 0.263. The maximum Gasteiger partial charge on any atom is 0.286 e. The number of fused-ring (bicyclic) bond motifs is 1. The van der Waals surface area contributed by atoms with Gasteiger partial charge in [0.15, 0.2) is 5.17 Å². The molecule has 25 heavy (non-hydrogen) atoms. The van der Waals surface area contributed by atoms with E-state index in [0.29, 0.717) is 18.1 Å². The van der Waals surface area contributed by atoms with Gasteiger partial charge in [0.25, 0.3) is 5.91 Å². The summed E-state index contributed by atoms with van der Waals surface area (Å²) in [5.74, 6) is 0.556. The molecule has 0 N–H and O–H groups in total. The summed E-state index contributed by atoms with van der Waals surface area (Å²) < 4.78 is 10.9. The Bertz CT molecular complexity index is 885. The first-order valence-electron chi connectivity index (χ1n) is 8.17. The van der Waals surface area contributed by atoms with Gasteiger partial charge in [0, 0.05) is 18.7 Å². The van der Waals surface area contributed by atoms with Gasteiger partial charge in [-0.2, -0.15) is 4.99 Å². The minimum atomic E-state index is -0.193. The molecule has 128 valence electrons. The zero-order valence-corrected chi connectivity index (χ0v) is 14.7. The van der Waals surface area contributed by atoms with E-state index in [1.807, 2.05) is 36.4 Å². The van der Waals surface area contributed by atoms with Crippen LogP contribution < -0.4 is 4.74 Å². The van der Waals surface area contributed by atoms with Gasteiger partial charge < -0.3 is 14.4 Å². The molecule has 1 saturated heterocycles. The lowest BCUT2D eigenvalue weighted by atomic mass is 10.0. The second kappa shape index (κ2) is 6.90. The summed E-state index contributed by atoms with van der Waals surface area (Å²) in [4.78, 5) is 19.3. The van der Waals surface area contributed by atoms with Crippen molar-refractivity contribution < 1.29 is 14.3 Å². The topological polar surface area (TPSA) is 51.1 Å². The Kier molecular flexibility index (Phi) is 4.46. The first-order valence-corrected chi connectivity index (χ1v) is 8.99. The molecule has 0 atom stereocenters. The van der Waals surface area contributed by atoms with Crippen LogP contribution in [0.3, 0.4) is 0 Å². The van der Waals surface area contributed by atoms with E-state index in [0.717, 1.165) is 40.3 Å². The van der Waals surface area contributed by atoms with Crippen LogP contribution in [0.2, 0.25) is 0 Å². The van der Waals surface area contributed by atoms with Crippen LogP contribution in [0.5, 0.6) is 5.75 Å². The van der Waals surface area contributed by atoms with E-state index in [-0.39, 0.29) is 5.91 Å². The number of hydrogen-bond donors (Lipinski definition) is 0. The molecule has 2 aromatic carbocycles. The first-order chi connectivity index (χ1) is 12.3. The number of carbonyl (C=O) groups is 1. The molecule has 0 aromatic heterocycles. The number of benzene rings is 2. The molecule has 0 radical (unpaired) electrons. The molecule has 2 aromatic rings. The van der Waals surface area contributed by atoms with Gasteiger partial charge in [-0.05, 0) is 34.7 Å². The third kappa shape index (κ3) is 3.15. The summed E-state index contributed by atoms with van der Waals surface area (Å²) in [6, 6.07) is 12.0. The van der Waals surface area contributed by atoms with Crippen molar-refractivity contribution in [1.82, 2.24) is 4.90 Å². The molecule has 0 aliphatic carbocycles.